The summed E-state index contributed by atoms with van der Waals surface area (Å²) in [7, 11) is 0. The van der Waals surface area contributed by atoms with Crippen molar-refractivity contribution in [2.45, 2.75) is 6.42 Å². The Bertz CT molecular complexity index is 519. The van der Waals surface area contributed by atoms with Gasteiger partial charge in [-0.25, -0.2) is 0 Å². The van der Waals surface area contributed by atoms with Crippen LogP contribution in [-0.4, -0.2) is 24.7 Å². The zero-order chi connectivity index (χ0) is 11.0. The molecule has 0 saturated carbocycles. The quantitative estimate of drug-likeness (QED) is 0.801. The zero-order valence-corrected chi connectivity index (χ0v) is 8.95. The molecule has 0 bridgehead atoms. The van der Waals surface area contributed by atoms with E-state index in [2.05, 4.69) is 4.98 Å². The van der Waals surface area contributed by atoms with Crippen LogP contribution in [0.3, 0.4) is 0 Å². The van der Waals surface area contributed by atoms with Gasteiger partial charge in [-0.3, -0.25) is 0 Å². The largest absolute Gasteiger partial charge is 0.486 e. The van der Waals surface area contributed by atoms with Crippen molar-refractivity contribution >= 4 is 10.9 Å². The highest BCUT2D eigenvalue weighted by atomic mass is 16.6. The lowest BCUT2D eigenvalue weighted by Crippen LogP contribution is -2.15. The molecule has 0 atom stereocenters. The first-order chi connectivity index (χ1) is 7.88. The summed E-state index contributed by atoms with van der Waals surface area (Å²) >= 11 is 0. The maximum Gasteiger partial charge on any atom is 0.163 e. The molecule has 1 aliphatic rings. The van der Waals surface area contributed by atoms with Crippen LogP contribution in [0, 0.1) is 0 Å². The molecule has 0 fully saturated rings. The first-order valence-corrected chi connectivity index (χ1v) is 5.48. The molecule has 0 aliphatic carbocycles. The summed E-state index contributed by atoms with van der Waals surface area (Å²) in [6.07, 6.45) is 2.88. The van der Waals surface area contributed by atoms with E-state index >= 15 is 0 Å². The minimum atomic E-state index is 0.620. The van der Waals surface area contributed by atoms with Gasteiger partial charge in [0.15, 0.2) is 11.5 Å². The molecule has 0 saturated heterocycles. The lowest BCUT2D eigenvalue weighted by Gasteiger charge is -2.18. The van der Waals surface area contributed by atoms with Crippen LogP contribution in [-0.2, 0) is 6.42 Å². The standard InChI is InChI=1S/C12H14N2O2/c13-2-1-8-7-14-10-6-12-11(5-9(8)10)15-3-4-16-12/h5-7,14H,1-4,13H2. The highest BCUT2D eigenvalue weighted by molar-refractivity contribution is 5.86. The number of nitrogens with two attached hydrogens (primary N) is 1. The number of H-pyrrole nitrogens is 1. The van der Waals surface area contributed by atoms with Crippen molar-refractivity contribution in [2.75, 3.05) is 19.8 Å². The molecule has 84 valence electrons. The van der Waals surface area contributed by atoms with Crippen molar-refractivity contribution in [3.05, 3.63) is 23.9 Å². The van der Waals surface area contributed by atoms with Gasteiger partial charge in [0.2, 0.25) is 0 Å². The third-order valence-corrected chi connectivity index (χ3v) is 2.84. The molecule has 3 N–H and O–H groups in total. The van der Waals surface area contributed by atoms with Crippen molar-refractivity contribution in [1.29, 1.82) is 0 Å². The van der Waals surface area contributed by atoms with Crippen LogP contribution in [0.5, 0.6) is 11.5 Å². The number of hydrogen-bond acceptors (Lipinski definition) is 3. The molecular weight excluding hydrogens is 204 g/mol. The van der Waals surface area contributed by atoms with Crippen LogP contribution in [0.15, 0.2) is 18.3 Å². The molecule has 0 spiro atoms. The van der Waals surface area contributed by atoms with Gasteiger partial charge in [-0.05, 0) is 24.6 Å². The molecular formula is C12H14N2O2. The predicted octanol–water partition coefficient (Wildman–Crippen LogP) is 1.44. The Morgan fingerprint density at radius 1 is 1.19 bits per heavy atom. The number of ether oxygens (including phenoxy) is 2. The van der Waals surface area contributed by atoms with Gasteiger partial charge in [-0.1, -0.05) is 0 Å². The summed E-state index contributed by atoms with van der Waals surface area (Å²) < 4.78 is 11.1. The van der Waals surface area contributed by atoms with E-state index in [4.69, 9.17) is 15.2 Å². The Morgan fingerprint density at radius 2 is 1.94 bits per heavy atom. The minimum absolute atomic E-state index is 0.620. The van der Waals surface area contributed by atoms with E-state index in [1.165, 1.54) is 10.9 Å². The van der Waals surface area contributed by atoms with Crippen LogP contribution < -0.4 is 15.2 Å². The molecule has 16 heavy (non-hydrogen) atoms. The van der Waals surface area contributed by atoms with Crippen molar-refractivity contribution in [3.63, 3.8) is 0 Å². The molecule has 1 aromatic carbocycles. The van der Waals surface area contributed by atoms with E-state index < -0.39 is 0 Å². The molecule has 4 heteroatoms. The molecule has 1 aromatic heterocycles. The predicted molar refractivity (Wildman–Crippen MR) is 62.0 cm³/mol. The second kappa shape index (κ2) is 3.72. The summed E-state index contributed by atoms with van der Waals surface area (Å²) in [5.41, 5.74) is 7.89. The van der Waals surface area contributed by atoms with Gasteiger partial charge >= 0.3 is 0 Å². The smallest absolute Gasteiger partial charge is 0.163 e. The first-order valence-electron chi connectivity index (χ1n) is 5.48. The summed E-state index contributed by atoms with van der Waals surface area (Å²) in [4.78, 5) is 3.23. The SMILES string of the molecule is NCCc1c[nH]c2cc3c(cc12)OCCO3. The van der Waals surface area contributed by atoms with Crippen molar-refractivity contribution < 1.29 is 9.47 Å². The first kappa shape index (κ1) is 9.54. The monoisotopic (exact) mass is 218 g/mol. The van der Waals surface area contributed by atoms with Crippen molar-refractivity contribution in [1.82, 2.24) is 4.98 Å². The molecule has 2 aromatic rings. The Labute approximate surface area is 93.3 Å². The van der Waals surface area contributed by atoms with Crippen LogP contribution in [0.2, 0.25) is 0 Å². The van der Waals surface area contributed by atoms with Gasteiger partial charge < -0.3 is 20.2 Å². The van der Waals surface area contributed by atoms with Gasteiger partial charge in [0.1, 0.15) is 13.2 Å². The van der Waals surface area contributed by atoms with E-state index in [1.54, 1.807) is 0 Å². The fourth-order valence-electron chi connectivity index (χ4n) is 2.08. The molecule has 0 unspecified atom stereocenters. The van der Waals surface area contributed by atoms with Gasteiger partial charge in [-0.15, -0.1) is 0 Å². The van der Waals surface area contributed by atoms with Gasteiger partial charge in [0.05, 0.1) is 0 Å². The van der Waals surface area contributed by atoms with E-state index in [-0.39, 0.29) is 0 Å². The van der Waals surface area contributed by atoms with Gasteiger partial charge in [0, 0.05) is 23.2 Å². The third kappa shape index (κ3) is 1.42. The molecule has 0 amide bonds. The maximum absolute atomic E-state index is 5.58. The third-order valence-electron chi connectivity index (χ3n) is 2.84. The highest BCUT2D eigenvalue weighted by Gasteiger charge is 2.14. The average Bonchev–Trinajstić information content (AvgIpc) is 2.70. The highest BCUT2D eigenvalue weighted by Crippen LogP contribution is 2.35. The van der Waals surface area contributed by atoms with Crippen molar-refractivity contribution in [2.24, 2.45) is 5.73 Å². The Hall–Kier alpha value is -1.68. The van der Waals surface area contributed by atoms with E-state index in [1.807, 2.05) is 18.3 Å². The van der Waals surface area contributed by atoms with E-state index in [0.717, 1.165) is 23.4 Å². The topological polar surface area (TPSA) is 60.3 Å². The van der Waals surface area contributed by atoms with Crippen molar-refractivity contribution in [3.8, 4) is 11.5 Å². The number of hydrogen-bond donors (Lipinski definition) is 2. The number of aromatic amines is 1. The Morgan fingerprint density at radius 3 is 2.69 bits per heavy atom. The summed E-state index contributed by atoms with van der Waals surface area (Å²) in [6, 6.07) is 4.02. The fraction of sp³-hybridized carbons (Fsp3) is 0.333. The van der Waals surface area contributed by atoms with E-state index in [0.29, 0.717) is 19.8 Å². The fourth-order valence-corrected chi connectivity index (χ4v) is 2.08. The molecule has 3 rings (SSSR count). The molecule has 2 heterocycles. The lowest BCUT2D eigenvalue weighted by atomic mass is 10.1. The van der Waals surface area contributed by atoms with Crippen LogP contribution in [0.1, 0.15) is 5.56 Å². The maximum atomic E-state index is 5.58. The molecule has 4 nitrogen and oxygen atoms in total. The number of rotatable bonds is 2. The minimum Gasteiger partial charge on any atom is -0.486 e. The lowest BCUT2D eigenvalue weighted by molar-refractivity contribution is 0.172. The Balaban J connectivity index is 2.14. The van der Waals surface area contributed by atoms with Crippen LogP contribution in [0.4, 0.5) is 0 Å². The summed E-state index contributed by atoms with van der Waals surface area (Å²) in [5, 5.41) is 1.18. The van der Waals surface area contributed by atoms with Crippen LogP contribution >= 0.6 is 0 Å². The summed E-state index contributed by atoms with van der Waals surface area (Å²) in [6.45, 7) is 1.89. The number of aromatic nitrogens is 1. The van der Waals surface area contributed by atoms with Crippen LogP contribution in [0.25, 0.3) is 10.9 Å². The number of benzene rings is 1. The van der Waals surface area contributed by atoms with Gasteiger partial charge in [-0.2, -0.15) is 0 Å². The molecule has 1 aliphatic heterocycles. The zero-order valence-electron chi connectivity index (χ0n) is 8.95. The summed E-state index contributed by atoms with van der Waals surface area (Å²) in [5.74, 6) is 1.65. The van der Waals surface area contributed by atoms with E-state index in [9.17, 15) is 0 Å². The number of fused-ring (bicyclic) bond motifs is 2. The average molecular weight is 218 g/mol. The second-order valence-corrected chi connectivity index (χ2v) is 3.89. The molecule has 0 radical (unpaired) electrons. The van der Waals surface area contributed by atoms with Gasteiger partial charge in [0.25, 0.3) is 0 Å². The second-order valence-electron chi connectivity index (χ2n) is 3.89. The number of nitrogens with one attached hydrogen (secondary N) is 1. The Kier molecular flexibility index (Phi) is 2.22. The normalized spacial score (nSPS) is 14.3.